The molecule has 0 saturated heterocycles. The van der Waals surface area contributed by atoms with Crippen LogP contribution < -0.4 is 5.73 Å². The Morgan fingerprint density at radius 3 is 2.46 bits per heavy atom. The van der Waals surface area contributed by atoms with Gasteiger partial charge in [-0.25, -0.2) is 0 Å². The summed E-state index contributed by atoms with van der Waals surface area (Å²) < 4.78 is 0. The largest absolute Gasteiger partial charge is 0.324 e. The molecule has 0 aliphatic rings. The maximum absolute atomic E-state index is 10.4. The van der Waals surface area contributed by atoms with Crippen molar-refractivity contribution in [3.8, 4) is 0 Å². The minimum absolute atomic E-state index is 0.0400. The lowest BCUT2D eigenvalue weighted by Gasteiger charge is -2.09. The Balaban J connectivity index is 2.73. The van der Waals surface area contributed by atoms with E-state index in [1.165, 1.54) is 0 Å². The van der Waals surface area contributed by atoms with E-state index in [0.29, 0.717) is 5.56 Å². The van der Waals surface area contributed by atoms with Gasteiger partial charge in [0, 0.05) is 11.6 Å². The van der Waals surface area contributed by atoms with Crippen molar-refractivity contribution < 1.29 is 4.79 Å². The topological polar surface area (TPSA) is 43.1 Å². The minimum Gasteiger partial charge on any atom is -0.324 e. The molecule has 0 amide bonds. The maximum atomic E-state index is 10.4. The second-order valence-electron chi connectivity index (χ2n) is 3.03. The molecule has 0 fully saturated rings. The molecule has 0 aromatic heterocycles. The second-order valence-corrected chi connectivity index (χ2v) is 3.03. The second kappa shape index (κ2) is 4.77. The predicted molar refractivity (Wildman–Crippen MR) is 53.3 cm³/mol. The van der Waals surface area contributed by atoms with E-state index >= 15 is 0 Å². The summed E-state index contributed by atoms with van der Waals surface area (Å²) in [5, 5.41) is 0. The highest BCUT2D eigenvalue weighted by molar-refractivity contribution is 5.74. The molecule has 0 bridgehead atoms. The maximum Gasteiger partial charge on any atom is 0.150 e. The molecule has 1 radical (unpaired) electrons. The zero-order chi connectivity index (χ0) is 9.68. The van der Waals surface area contributed by atoms with Crippen molar-refractivity contribution in [1.82, 2.24) is 0 Å². The van der Waals surface area contributed by atoms with Crippen LogP contribution in [0.15, 0.2) is 24.3 Å². The van der Waals surface area contributed by atoms with E-state index in [2.05, 4.69) is 6.92 Å². The first-order chi connectivity index (χ1) is 6.27. The van der Waals surface area contributed by atoms with Crippen LogP contribution in [-0.2, 0) is 0 Å². The van der Waals surface area contributed by atoms with Crippen LogP contribution in [0.2, 0.25) is 0 Å². The Kier molecular flexibility index (Phi) is 3.65. The van der Waals surface area contributed by atoms with Gasteiger partial charge in [0.05, 0.1) is 0 Å². The van der Waals surface area contributed by atoms with Crippen molar-refractivity contribution in [3.63, 3.8) is 0 Å². The quantitative estimate of drug-likeness (QED) is 0.714. The molecule has 1 aromatic carbocycles. The summed E-state index contributed by atoms with van der Waals surface area (Å²) in [7, 11) is 0. The van der Waals surface area contributed by atoms with Crippen LogP contribution >= 0.6 is 0 Å². The highest BCUT2D eigenvalue weighted by atomic mass is 16.1. The SMILES string of the molecule is [CH2]CCC(N)c1ccc(C=O)cc1. The number of nitrogens with two attached hydrogens (primary N) is 1. The standard InChI is InChI=1S/C11H14NO/c1-2-3-11(12)10-6-4-9(8-13)5-7-10/h4-8,11H,1-3,12H2. The summed E-state index contributed by atoms with van der Waals surface area (Å²) in [6.45, 7) is 3.75. The molecule has 1 atom stereocenters. The number of carbonyl (C=O) groups excluding carboxylic acids is 1. The Labute approximate surface area is 78.8 Å². The van der Waals surface area contributed by atoms with Crippen LogP contribution in [0.3, 0.4) is 0 Å². The van der Waals surface area contributed by atoms with Gasteiger partial charge in [0.25, 0.3) is 0 Å². The zero-order valence-corrected chi connectivity index (χ0v) is 7.57. The number of aldehydes is 1. The van der Waals surface area contributed by atoms with Gasteiger partial charge < -0.3 is 5.73 Å². The van der Waals surface area contributed by atoms with E-state index in [-0.39, 0.29) is 6.04 Å². The third kappa shape index (κ3) is 2.67. The highest BCUT2D eigenvalue weighted by Crippen LogP contribution is 2.15. The Bertz CT molecular complexity index is 266. The van der Waals surface area contributed by atoms with Crippen LogP contribution in [0.1, 0.15) is 34.8 Å². The third-order valence-electron chi connectivity index (χ3n) is 2.02. The Hall–Kier alpha value is -1.15. The summed E-state index contributed by atoms with van der Waals surface area (Å²) in [6.07, 6.45) is 2.54. The van der Waals surface area contributed by atoms with E-state index in [4.69, 9.17) is 5.73 Å². The van der Waals surface area contributed by atoms with Gasteiger partial charge in [-0.05, 0) is 12.0 Å². The Morgan fingerprint density at radius 1 is 1.38 bits per heavy atom. The molecule has 69 valence electrons. The van der Waals surface area contributed by atoms with Crippen molar-refractivity contribution in [2.45, 2.75) is 18.9 Å². The van der Waals surface area contributed by atoms with Crippen molar-refractivity contribution in [1.29, 1.82) is 0 Å². The van der Waals surface area contributed by atoms with Gasteiger partial charge in [-0.15, -0.1) is 0 Å². The summed E-state index contributed by atoms with van der Waals surface area (Å²) >= 11 is 0. The molecule has 2 N–H and O–H groups in total. The molecular formula is C11H14NO. The molecule has 1 unspecified atom stereocenters. The first kappa shape index (κ1) is 9.93. The number of hydrogen-bond acceptors (Lipinski definition) is 2. The van der Waals surface area contributed by atoms with E-state index in [1.807, 2.05) is 12.1 Å². The monoisotopic (exact) mass is 176 g/mol. The lowest BCUT2D eigenvalue weighted by atomic mass is 10.0. The number of hydrogen-bond donors (Lipinski definition) is 1. The number of rotatable bonds is 4. The van der Waals surface area contributed by atoms with Gasteiger partial charge in [-0.3, -0.25) is 4.79 Å². The van der Waals surface area contributed by atoms with Gasteiger partial charge in [0.2, 0.25) is 0 Å². The van der Waals surface area contributed by atoms with Gasteiger partial charge in [0.1, 0.15) is 6.29 Å². The van der Waals surface area contributed by atoms with Crippen molar-refractivity contribution in [2.24, 2.45) is 5.73 Å². The fourth-order valence-electron chi connectivity index (χ4n) is 1.21. The van der Waals surface area contributed by atoms with Gasteiger partial charge in [-0.1, -0.05) is 37.6 Å². The van der Waals surface area contributed by atoms with E-state index in [0.717, 1.165) is 24.7 Å². The average molecular weight is 176 g/mol. The summed E-state index contributed by atoms with van der Waals surface area (Å²) in [6, 6.07) is 7.39. The summed E-state index contributed by atoms with van der Waals surface area (Å²) in [5.74, 6) is 0. The molecule has 0 aliphatic carbocycles. The normalized spacial score (nSPS) is 12.5. The molecule has 0 spiro atoms. The van der Waals surface area contributed by atoms with Crippen molar-refractivity contribution in [3.05, 3.63) is 42.3 Å². The van der Waals surface area contributed by atoms with Crippen LogP contribution in [0.5, 0.6) is 0 Å². The summed E-state index contributed by atoms with van der Waals surface area (Å²) in [4.78, 5) is 10.4. The molecule has 0 saturated carbocycles. The Morgan fingerprint density at radius 2 is 2.00 bits per heavy atom. The first-order valence-electron chi connectivity index (χ1n) is 4.38. The molecule has 13 heavy (non-hydrogen) atoms. The zero-order valence-electron chi connectivity index (χ0n) is 7.57. The van der Waals surface area contributed by atoms with E-state index in [9.17, 15) is 4.79 Å². The van der Waals surface area contributed by atoms with Crippen LogP contribution in [-0.4, -0.2) is 6.29 Å². The average Bonchev–Trinajstić information content (AvgIpc) is 2.18. The molecule has 1 rings (SSSR count). The molecule has 2 nitrogen and oxygen atoms in total. The van der Waals surface area contributed by atoms with Crippen molar-refractivity contribution in [2.75, 3.05) is 0 Å². The first-order valence-corrected chi connectivity index (χ1v) is 4.38. The third-order valence-corrected chi connectivity index (χ3v) is 2.02. The van der Waals surface area contributed by atoms with Crippen LogP contribution in [0.4, 0.5) is 0 Å². The predicted octanol–water partition coefficient (Wildman–Crippen LogP) is 2.11. The van der Waals surface area contributed by atoms with Gasteiger partial charge in [0.15, 0.2) is 0 Å². The molecular weight excluding hydrogens is 162 g/mol. The van der Waals surface area contributed by atoms with Gasteiger partial charge >= 0.3 is 0 Å². The number of benzene rings is 1. The lowest BCUT2D eigenvalue weighted by Crippen LogP contribution is -2.09. The van der Waals surface area contributed by atoms with Crippen LogP contribution in [0.25, 0.3) is 0 Å². The van der Waals surface area contributed by atoms with E-state index < -0.39 is 0 Å². The lowest BCUT2D eigenvalue weighted by molar-refractivity contribution is 0.112. The fourth-order valence-corrected chi connectivity index (χ4v) is 1.21. The molecule has 0 heterocycles. The van der Waals surface area contributed by atoms with Crippen molar-refractivity contribution >= 4 is 6.29 Å². The molecule has 1 aromatic rings. The van der Waals surface area contributed by atoms with Gasteiger partial charge in [-0.2, -0.15) is 0 Å². The highest BCUT2D eigenvalue weighted by Gasteiger charge is 2.03. The van der Waals surface area contributed by atoms with Crippen LogP contribution in [0, 0.1) is 6.92 Å². The smallest absolute Gasteiger partial charge is 0.150 e. The molecule has 0 aliphatic heterocycles. The summed E-state index contributed by atoms with van der Waals surface area (Å²) in [5.41, 5.74) is 7.62. The minimum atomic E-state index is 0.0400. The number of carbonyl (C=O) groups is 1. The molecule has 2 heteroatoms. The fraction of sp³-hybridized carbons (Fsp3) is 0.273. The van der Waals surface area contributed by atoms with E-state index in [1.54, 1.807) is 12.1 Å².